The van der Waals surface area contributed by atoms with E-state index >= 15 is 0 Å². The van der Waals surface area contributed by atoms with E-state index in [0.29, 0.717) is 0 Å². The van der Waals surface area contributed by atoms with Gasteiger partial charge >= 0.3 is 301 Å². The van der Waals surface area contributed by atoms with Gasteiger partial charge in [0.15, 0.2) is 0 Å². The van der Waals surface area contributed by atoms with Crippen molar-refractivity contribution >= 4 is 6.48 Å². The van der Waals surface area contributed by atoms with Crippen LogP contribution in [0.5, 0.6) is 0 Å². The molecule has 0 aliphatic heterocycles. The first kappa shape index (κ1) is 35.0. The molecular weight excluding hydrogens is 656 g/mol. The molecule has 0 bridgehead atoms. The van der Waals surface area contributed by atoms with E-state index in [0.717, 1.165) is 12.8 Å². The summed E-state index contributed by atoms with van der Waals surface area (Å²) in [5.74, 6) is 0. The summed E-state index contributed by atoms with van der Waals surface area (Å²) >= 11 is -2.85. The second-order valence-electron chi connectivity index (χ2n) is 18.3. The van der Waals surface area contributed by atoms with Crippen molar-refractivity contribution in [2.24, 2.45) is 0 Å². The fourth-order valence-corrected chi connectivity index (χ4v) is 16.4. The van der Waals surface area contributed by atoms with E-state index in [1.807, 2.05) is 0 Å². The fourth-order valence-electron chi connectivity index (χ4n) is 7.46. The van der Waals surface area contributed by atoms with E-state index in [-0.39, 0.29) is 21.7 Å². The number of hydrogen-bond acceptors (Lipinski definition) is 0. The zero-order valence-corrected chi connectivity index (χ0v) is 34.1. The molecule has 0 radical (unpaired) electrons. The molecule has 48 heavy (non-hydrogen) atoms. The van der Waals surface area contributed by atoms with E-state index in [2.05, 4.69) is 180 Å². The molecule has 0 nitrogen and oxygen atoms in total. The average molecular weight is 712 g/mol. The number of fused-ring (bicyclic) bond motifs is 3. The Kier molecular flexibility index (Phi) is 9.08. The molecule has 6 rings (SSSR count). The Labute approximate surface area is 299 Å². The fraction of sp³-hybridized carbons (Fsp3) is 0.383. The van der Waals surface area contributed by atoms with Crippen molar-refractivity contribution in [1.82, 2.24) is 0 Å². The van der Waals surface area contributed by atoms with Crippen molar-refractivity contribution in [3.05, 3.63) is 145 Å². The molecule has 0 atom stereocenters. The molecule has 2 aliphatic carbocycles. The van der Waals surface area contributed by atoms with Gasteiger partial charge in [0.25, 0.3) is 0 Å². The van der Waals surface area contributed by atoms with Crippen LogP contribution < -0.4 is 3.27 Å². The van der Waals surface area contributed by atoms with Gasteiger partial charge in [-0.1, -0.05) is 0 Å². The van der Waals surface area contributed by atoms with Crippen molar-refractivity contribution in [1.29, 1.82) is 0 Å². The number of hydrogen-bond donors (Lipinski definition) is 0. The third-order valence-electron chi connectivity index (χ3n) is 10.4. The van der Waals surface area contributed by atoms with Crippen LogP contribution in [-0.2, 0) is 49.3 Å². The van der Waals surface area contributed by atoms with Crippen molar-refractivity contribution < 1.29 is 21.3 Å². The van der Waals surface area contributed by atoms with Crippen LogP contribution >= 0.6 is 0 Å². The molecule has 0 N–H and O–H groups in total. The number of benzene rings is 4. The second-order valence-corrected chi connectivity index (χ2v) is 24.2. The van der Waals surface area contributed by atoms with Gasteiger partial charge in [-0.15, -0.1) is 0 Å². The van der Waals surface area contributed by atoms with Gasteiger partial charge in [-0.05, 0) is 0 Å². The van der Waals surface area contributed by atoms with Crippen LogP contribution in [0.15, 0.2) is 100 Å². The molecule has 0 spiro atoms. The Morgan fingerprint density at radius 2 is 1.04 bits per heavy atom. The van der Waals surface area contributed by atoms with Gasteiger partial charge in [-0.25, -0.2) is 0 Å². The summed E-state index contributed by atoms with van der Waals surface area (Å²) in [6, 6.07) is 31.6. The normalized spacial score (nSPS) is 14.5. The van der Waals surface area contributed by atoms with Crippen LogP contribution in [0.2, 0.25) is 0 Å². The maximum atomic E-state index is 2.51. The summed E-state index contributed by atoms with van der Waals surface area (Å²) in [4.78, 5) is 0. The predicted octanol–water partition coefficient (Wildman–Crippen LogP) is 11.8. The molecule has 2 aliphatic rings. The Bertz CT molecular complexity index is 1890. The van der Waals surface area contributed by atoms with Crippen molar-refractivity contribution in [3.8, 4) is 11.1 Å². The summed E-state index contributed by atoms with van der Waals surface area (Å²) in [7, 11) is 0. The minimum absolute atomic E-state index is 0.0331. The van der Waals surface area contributed by atoms with Gasteiger partial charge in [0.2, 0.25) is 0 Å². The molecule has 0 unspecified atom stereocenters. The predicted molar refractivity (Wildman–Crippen MR) is 207 cm³/mol. The van der Waals surface area contributed by atoms with Crippen LogP contribution in [-0.4, -0.2) is 3.21 Å². The van der Waals surface area contributed by atoms with Gasteiger partial charge in [0.05, 0.1) is 0 Å². The van der Waals surface area contributed by atoms with E-state index in [9.17, 15) is 0 Å². The number of rotatable bonds is 4. The first-order valence-electron chi connectivity index (χ1n) is 18.0. The van der Waals surface area contributed by atoms with Gasteiger partial charge in [-0.2, -0.15) is 0 Å². The first-order valence-corrected chi connectivity index (χ1v) is 21.7. The van der Waals surface area contributed by atoms with Crippen molar-refractivity contribution in [2.45, 2.75) is 118 Å². The van der Waals surface area contributed by atoms with Crippen LogP contribution in [0.3, 0.4) is 0 Å². The first-order chi connectivity index (χ1) is 22.3. The molecule has 0 amide bonds. The topological polar surface area (TPSA) is 0 Å². The molecular formula is C47H56Zr. The van der Waals surface area contributed by atoms with Gasteiger partial charge in [0.1, 0.15) is 0 Å². The van der Waals surface area contributed by atoms with Crippen LogP contribution in [0.25, 0.3) is 11.1 Å². The Morgan fingerprint density at radius 1 is 0.542 bits per heavy atom. The van der Waals surface area contributed by atoms with Gasteiger partial charge in [-0.3, -0.25) is 0 Å². The molecule has 1 heteroatoms. The van der Waals surface area contributed by atoms with E-state index in [4.69, 9.17) is 0 Å². The SMILES string of the molecule is CC(C)(C)c1ccc([C](c2ccc(C(C)(C)C)cc2)=[Zr]([C]2=CC=CC2)[c]2c(C(C)(C)C)ccc3c2Cc2cc(C(C)(C)C)ccc2-3)cc1. The van der Waals surface area contributed by atoms with Crippen LogP contribution in [0.1, 0.15) is 134 Å². The molecule has 0 saturated carbocycles. The van der Waals surface area contributed by atoms with E-state index in [1.165, 1.54) is 44.5 Å². The number of allylic oxidation sites excluding steroid dienone is 4. The third kappa shape index (κ3) is 6.79. The quantitative estimate of drug-likeness (QED) is 0.174. The molecule has 0 saturated heterocycles. The van der Waals surface area contributed by atoms with E-state index < -0.39 is 21.3 Å². The van der Waals surface area contributed by atoms with Crippen molar-refractivity contribution in [2.75, 3.05) is 0 Å². The second kappa shape index (κ2) is 12.5. The Hall–Kier alpha value is -2.89. The molecule has 4 aromatic rings. The van der Waals surface area contributed by atoms with Gasteiger partial charge < -0.3 is 0 Å². The van der Waals surface area contributed by atoms with Crippen molar-refractivity contribution in [3.63, 3.8) is 0 Å². The summed E-state index contributed by atoms with van der Waals surface area (Å²) in [5.41, 5.74) is 14.9. The monoisotopic (exact) mass is 710 g/mol. The summed E-state index contributed by atoms with van der Waals surface area (Å²) in [6.45, 7) is 28.2. The summed E-state index contributed by atoms with van der Waals surface area (Å²) in [6.07, 6.45) is 9.30. The molecule has 0 heterocycles. The van der Waals surface area contributed by atoms with Gasteiger partial charge in [0, 0.05) is 0 Å². The minimum atomic E-state index is -2.85. The summed E-state index contributed by atoms with van der Waals surface area (Å²) < 4.78 is 5.00. The molecule has 248 valence electrons. The zero-order chi connectivity index (χ0) is 34.8. The average Bonchev–Trinajstić information content (AvgIpc) is 3.66. The Morgan fingerprint density at radius 3 is 1.50 bits per heavy atom. The Balaban J connectivity index is 1.71. The third-order valence-corrected chi connectivity index (χ3v) is 18.2. The molecule has 0 fully saturated rings. The molecule has 4 aromatic carbocycles. The van der Waals surface area contributed by atoms with Crippen LogP contribution in [0.4, 0.5) is 0 Å². The zero-order valence-electron chi connectivity index (χ0n) is 31.7. The standard InChI is InChI=1S/C21H25.C21H26.C5H5.Zr/c1-20(2,3)16-7-9-18-14(12-16)11-15-13-17(21(4,5)6)8-10-19(15)18;1-20(2,3)18-11-7-16(8-12-18)15-17-9-13-19(14-10-17)21(4,5)6;1-2-4-5-3-1;/h7-10,12H,11H2,1-6H3;7-14H,1-6H3;1-3H,4H2;. The molecule has 0 aromatic heterocycles. The maximum absolute atomic E-state index is 2.85. The summed E-state index contributed by atoms with van der Waals surface area (Å²) in [5, 5.41) is 0. The van der Waals surface area contributed by atoms with Crippen LogP contribution in [0, 0.1) is 0 Å². The van der Waals surface area contributed by atoms with E-state index in [1.54, 1.807) is 20.9 Å².